The fourth-order valence-electron chi connectivity index (χ4n) is 2.22. The van der Waals surface area contributed by atoms with E-state index >= 15 is 0 Å². The maximum Gasteiger partial charge on any atom is 0.416 e. The zero-order valence-electron chi connectivity index (χ0n) is 13.4. The van der Waals surface area contributed by atoms with E-state index < -0.39 is 29.8 Å². The summed E-state index contributed by atoms with van der Waals surface area (Å²) in [7, 11) is 0. The van der Waals surface area contributed by atoms with Crippen molar-refractivity contribution in [2.45, 2.75) is 51.8 Å². The summed E-state index contributed by atoms with van der Waals surface area (Å²) in [5.41, 5.74) is -2.60. The monoisotopic (exact) mass is 358 g/mol. The van der Waals surface area contributed by atoms with Crippen LogP contribution in [0.5, 0.6) is 0 Å². The molecule has 0 aliphatic rings. The first-order chi connectivity index (χ1) is 11.1. The molecule has 0 aromatic heterocycles. The van der Waals surface area contributed by atoms with Gasteiger partial charge >= 0.3 is 12.4 Å². The molecule has 2 nitrogen and oxygen atoms in total. The summed E-state index contributed by atoms with van der Waals surface area (Å²) in [5.74, 6) is 0. The van der Waals surface area contributed by atoms with E-state index in [0.717, 1.165) is 12.1 Å². The average molecular weight is 358 g/mol. The largest absolute Gasteiger partial charge is 0.416 e. The van der Waals surface area contributed by atoms with E-state index in [1.165, 1.54) is 0 Å². The highest BCUT2D eigenvalue weighted by atomic mass is 19.4. The van der Waals surface area contributed by atoms with Crippen molar-refractivity contribution < 1.29 is 35.8 Å². The van der Waals surface area contributed by atoms with E-state index in [1.54, 1.807) is 13.8 Å². The van der Waals surface area contributed by atoms with Gasteiger partial charge in [-0.1, -0.05) is 0 Å². The molecule has 0 spiro atoms. The first kappa shape index (κ1) is 20.8. The van der Waals surface area contributed by atoms with E-state index in [2.05, 4.69) is 0 Å². The van der Waals surface area contributed by atoms with Gasteiger partial charge in [-0.25, -0.2) is 0 Å². The Morgan fingerprint density at radius 2 is 1.29 bits per heavy atom. The lowest BCUT2D eigenvalue weighted by molar-refractivity contribution is -0.143. The summed E-state index contributed by atoms with van der Waals surface area (Å²) in [6.45, 7) is 4.36. The highest BCUT2D eigenvalue weighted by Crippen LogP contribution is 2.36. The van der Waals surface area contributed by atoms with Crippen LogP contribution in [0, 0.1) is 0 Å². The molecule has 1 rings (SSSR count). The zero-order valence-corrected chi connectivity index (χ0v) is 13.4. The molecule has 0 atom stereocenters. The van der Waals surface area contributed by atoms with E-state index in [9.17, 15) is 26.3 Å². The number of rotatable bonds is 8. The van der Waals surface area contributed by atoms with Crippen molar-refractivity contribution in [3.05, 3.63) is 34.9 Å². The lowest BCUT2D eigenvalue weighted by Crippen LogP contribution is -2.17. The Labute approximate surface area is 136 Å². The Hall–Kier alpha value is -1.28. The van der Waals surface area contributed by atoms with Crippen LogP contribution in [0.1, 0.15) is 43.4 Å². The first-order valence-corrected chi connectivity index (χ1v) is 7.59. The molecule has 0 radical (unpaired) electrons. The Morgan fingerprint density at radius 3 is 1.67 bits per heavy atom. The first-order valence-electron chi connectivity index (χ1n) is 7.59. The number of aryl methyl sites for hydroxylation is 1. The molecule has 24 heavy (non-hydrogen) atoms. The van der Waals surface area contributed by atoms with Gasteiger partial charge in [0.25, 0.3) is 0 Å². The lowest BCUT2D eigenvalue weighted by atomic mass is 10.0. The lowest BCUT2D eigenvalue weighted by Gasteiger charge is -2.17. The van der Waals surface area contributed by atoms with Crippen LogP contribution < -0.4 is 0 Å². The molecule has 0 saturated heterocycles. The topological polar surface area (TPSA) is 18.5 Å². The summed E-state index contributed by atoms with van der Waals surface area (Å²) in [6, 6.07) is 1.64. The predicted molar refractivity (Wildman–Crippen MR) is 76.4 cm³/mol. The molecule has 0 unspecified atom stereocenters. The number of benzene rings is 1. The number of halogens is 6. The predicted octanol–water partition coefficient (Wildman–Crippen LogP) is 5.45. The molecule has 0 fully saturated rings. The molecular weight excluding hydrogens is 338 g/mol. The standard InChI is InChI=1S/C16H20F6O2/c1-3-23-14(24-4-2)7-5-6-11-8-12(15(17,18)19)10-13(9-11)16(20,21)22/h8-10,14H,3-7H2,1-2H3. The molecule has 0 saturated carbocycles. The normalized spacial score (nSPS) is 12.9. The van der Waals surface area contributed by atoms with Gasteiger partial charge in [0.1, 0.15) is 0 Å². The molecule has 0 bridgehead atoms. The van der Waals surface area contributed by atoms with Crippen LogP contribution in [-0.2, 0) is 28.2 Å². The highest BCUT2D eigenvalue weighted by molar-refractivity contribution is 5.33. The maximum atomic E-state index is 12.8. The minimum absolute atomic E-state index is 0.0103. The van der Waals surface area contributed by atoms with Crippen LogP contribution >= 0.6 is 0 Å². The van der Waals surface area contributed by atoms with Gasteiger partial charge in [-0.2, -0.15) is 26.3 Å². The van der Waals surface area contributed by atoms with Gasteiger partial charge in [0.05, 0.1) is 11.1 Å². The van der Waals surface area contributed by atoms with Gasteiger partial charge in [0.15, 0.2) is 6.29 Å². The highest BCUT2D eigenvalue weighted by Gasteiger charge is 2.36. The summed E-state index contributed by atoms with van der Waals surface area (Å²) in [6.07, 6.45) is -9.34. The molecule has 8 heteroatoms. The van der Waals surface area contributed by atoms with E-state index in [1.807, 2.05) is 0 Å². The van der Waals surface area contributed by atoms with Crippen molar-refractivity contribution in [1.29, 1.82) is 0 Å². The third-order valence-electron chi connectivity index (χ3n) is 3.26. The Kier molecular flexibility index (Phi) is 7.54. The third-order valence-corrected chi connectivity index (χ3v) is 3.26. The molecule has 0 amide bonds. The third kappa shape index (κ3) is 6.68. The van der Waals surface area contributed by atoms with E-state index in [-0.39, 0.29) is 18.1 Å². The van der Waals surface area contributed by atoms with Gasteiger partial charge in [-0.15, -0.1) is 0 Å². The van der Waals surface area contributed by atoms with Crippen LogP contribution in [0.3, 0.4) is 0 Å². The minimum atomic E-state index is -4.82. The number of ether oxygens (including phenoxy) is 2. The van der Waals surface area contributed by atoms with Gasteiger partial charge in [0.2, 0.25) is 0 Å². The van der Waals surface area contributed by atoms with Crippen LogP contribution in [0.15, 0.2) is 18.2 Å². The van der Waals surface area contributed by atoms with Crippen LogP contribution in [0.2, 0.25) is 0 Å². The van der Waals surface area contributed by atoms with Gasteiger partial charge < -0.3 is 9.47 Å². The van der Waals surface area contributed by atoms with Gasteiger partial charge in [0, 0.05) is 13.2 Å². The SMILES string of the molecule is CCOC(CCCc1cc(C(F)(F)F)cc(C(F)(F)F)c1)OCC. The fourth-order valence-corrected chi connectivity index (χ4v) is 2.22. The van der Waals surface area contributed by atoms with Gasteiger partial charge in [-0.3, -0.25) is 0 Å². The fraction of sp³-hybridized carbons (Fsp3) is 0.625. The molecule has 0 heterocycles. The molecule has 0 aliphatic heterocycles. The van der Waals surface area contributed by atoms with Crippen LogP contribution in [0.25, 0.3) is 0 Å². The summed E-state index contributed by atoms with van der Waals surface area (Å²) >= 11 is 0. The minimum Gasteiger partial charge on any atom is -0.353 e. The Balaban J connectivity index is 2.87. The molecule has 1 aromatic carbocycles. The second kappa shape index (κ2) is 8.71. The molecular formula is C16H20F6O2. The van der Waals surface area contributed by atoms with Crippen molar-refractivity contribution in [1.82, 2.24) is 0 Å². The van der Waals surface area contributed by atoms with Crippen molar-refractivity contribution in [3.8, 4) is 0 Å². The van der Waals surface area contributed by atoms with E-state index in [0.29, 0.717) is 26.1 Å². The number of alkyl halides is 6. The Bertz CT molecular complexity index is 472. The molecule has 0 aliphatic carbocycles. The van der Waals surface area contributed by atoms with Crippen molar-refractivity contribution >= 4 is 0 Å². The number of hydrogen-bond donors (Lipinski definition) is 0. The van der Waals surface area contributed by atoms with Crippen molar-refractivity contribution in [2.24, 2.45) is 0 Å². The number of hydrogen-bond acceptors (Lipinski definition) is 2. The smallest absolute Gasteiger partial charge is 0.353 e. The average Bonchev–Trinajstić information content (AvgIpc) is 2.45. The molecule has 138 valence electrons. The van der Waals surface area contributed by atoms with Crippen LogP contribution in [0.4, 0.5) is 26.3 Å². The maximum absolute atomic E-state index is 12.8. The Morgan fingerprint density at radius 1 is 0.833 bits per heavy atom. The van der Waals surface area contributed by atoms with E-state index in [4.69, 9.17) is 9.47 Å². The molecule has 0 N–H and O–H groups in total. The second-order valence-corrected chi connectivity index (χ2v) is 5.15. The van der Waals surface area contributed by atoms with Gasteiger partial charge in [-0.05, 0) is 56.9 Å². The zero-order chi connectivity index (χ0) is 18.4. The summed E-state index contributed by atoms with van der Waals surface area (Å²) in [5, 5.41) is 0. The second-order valence-electron chi connectivity index (χ2n) is 5.15. The van der Waals surface area contributed by atoms with Crippen molar-refractivity contribution in [2.75, 3.05) is 13.2 Å². The quantitative estimate of drug-likeness (QED) is 0.455. The summed E-state index contributed by atoms with van der Waals surface area (Å²) < 4.78 is 87.3. The summed E-state index contributed by atoms with van der Waals surface area (Å²) in [4.78, 5) is 0. The van der Waals surface area contributed by atoms with Crippen molar-refractivity contribution in [3.63, 3.8) is 0 Å². The van der Waals surface area contributed by atoms with Crippen LogP contribution in [-0.4, -0.2) is 19.5 Å². The molecule has 1 aromatic rings.